The first kappa shape index (κ1) is 19.7. The zero-order valence-corrected chi connectivity index (χ0v) is 15.8. The van der Waals surface area contributed by atoms with Crippen LogP contribution in [0, 0.1) is 0 Å². The lowest BCUT2D eigenvalue weighted by molar-refractivity contribution is -0.120. The van der Waals surface area contributed by atoms with Crippen molar-refractivity contribution in [2.75, 3.05) is 19.6 Å². The molecule has 9 heteroatoms. The van der Waals surface area contributed by atoms with Gasteiger partial charge in [0.15, 0.2) is 0 Å². The van der Waals surface area contributed by atoms with Gasteiger partial charge in [-0.05, 0) is 44.9 Å². The molecule has 1 aliphatic rings. The predicted octanol–water partition coefficient (Wildman–Crippen LogP) is 1.38. The Balaban J connectivity index is 2.15. The third-order valence-corrected chi connectivity index (χ3v) is 6.12. The number of nitrogens with zero attached hydrogens (tertiary/aromatic N) is 1. The van der Waals surface area contributed by atoms with Crippen molar-refractivity contribution in [3.8, 4) is 0 Å². The van der Waals surface area contributed by atoms with Gasteiger partial charge in [0.05, 0.1) is 11.6 Å². The number of hydrogen-bond acceptors (Lipinski definition) is 4. The summed E-state index contributed by atoms with van der Waals surface area (Å²) in [5.74, 6) is -0.851. The summed E-state index contributed by atoms with van der Waals surface area (Å²) >= 11 is 6.05. The molecule has 0 saturated carbocycles. The quantitative estimate of drug-likeness (QED) is 0.770. The van der Waals surface area contributed by atoms with E-state index >= 15 is 0 Å². The molecule has 2 rings (SSSR count). The molecule has 1 aliphatic heterocycles. The summed E-state index contributed by atoms with van der Waals surface area (Å²) in [4.78, 5) is 23.7. The minimum Gasteiger partial charge on any atom is -0.352 e. The van der Waals surface area contributed by atoms with Crippen LogP contribution in [0.15, 0.2) is 23.1 Å². The maximum absolute atomic E-state index is 12.7. The number of sulfonamides is 1. The second-order valence-electron chi connectivity index (χ2n) is 6.16. The molecule has 25 heavy (non-hydrogen) atoms. The van der Waals surface area contributed by atoms with Crippen LogP contribution in [0.1, 0.15) is 37.0 Å². The molecule has 1 fully saturated rings. The van der Waals surface area contributed by atoms with Crippen molar-refractivity contribution in [1.29, 1.82) is 0 Å². The van der Waals surface area contributed by atoms with E-state index in [4.69, 9.17) is 11.6 Å². The fourth-order valence-corrected chi connectivity index (χ4v) is 4.56. The van der Waals surface area contributed by atoms with Crippen LogP contribution in [-0.4, -0.2) is 50.2 Å². The van der Waals surface area contributed by atoms with E-state index in [-0.39, 0.29) is 34.0 Å². The molecule has 0 aromatic heterocycles. The van der Waals surface area contributed by atoms with Gasteiger partial charge in [-0.2, -0.15) is 4.31 Å². The van der Waals surface area contributed by atoms with Crippen LogP contribution in [0.2, 0.25) is 5.02 Å². The maximum atomic E-state index is 12.7. The Morgan fingerprint density at radius 2 is 1.88 bits per heavy atom. The molecule has 0 bridgehead atoms. The summed E-state index contributed by atoms with van der Waals surface area (Å²) in [6.07, 6.45) is 1.62. The number of rotatable bonds is 6. The van der Waals surface area contributed by atoms with Gasteiger partial charge in [-0.25, -0.2) is 8.42 Å². The molecule has 0 spiro atoms. The van der Waals surface area contributed by atoms with E-state index in [1.54, 1.807) is 0 Å². The Hall–Kier alpha value is -1.64. The summed E-state index contributed by atoms with van der Waals surface area (Å²) < 4.78 is 26.7. The molecular weight excluding hydrogens is 366 g/mol. The van der Waals surface area contributed by atoms with Gasteiger partial charge in [0.1, 0.15) is 4.90 Å². The maximum Gasteiger partial charge on any atom is 0.251 e. The summed E-state index contributed by atoms with van der Waals surface area (Å²) in [5, 5.41) is 5.19. The topological polar surface area (TPSA) is 95.6 Å². The molecule has 0 radical (unpaired) electrons. The van der Waals surface area contributed by atoms with Crippen molar-refractivity contribution in [2.24, 2.45) is 0 Å². The molecule has 138 valence electrons. The van der Waals surface area contributed by atoms with E-state index in [2.05, 4.69) is 10.6 Å². The van der Waals surface area contributed by atoms with Gasteiger partial charge in [0.25, 0.3) is 5.91 Å². The van der Waals surface area contributed by atoms with Crippen molar-refractivity contribution >= 4 is 33.4 Å². The van der Waals surface area contributed by atoms with E-state index in [9.17, 15) is 18.0 Å². The Morgan fingerprint density at radius 1 is 1.24 bits per heavy atom. The smallest absolute Gasteiger partial charge is 0.251 e. The van der Waals surface area contributed by atoms with Crippen molar-refractivity contribution in [3.05, 3.63) is 28.8 Å². The zero-order valence-electron chi connectivity index (χ0n) is 14.2. The Morgan fingerprint density at radius 3 is 2.48 bits per heavy atom. The fourth-order valence-electron chi connectivity index (χ4n) is 2.55. The van der Waals surface area contributed by atoms with Gasteiger partial charge in [0.2, 0.25) is 15.9 Å². The fraction of sp³-hybridized carbons (Fsp3) is 0.500. The normalized spacial score (nSPS) is 15.4. The molecule has 1 aromatic carbocycles. The van der Waals surface area contributed by atoms with Gasteiger partial charge in [-0.15, -0.1) is 0 Å². The van der Waals surface area contributed by atoms with Crippen LogP contribution >= 0.6 is 11.6 Å². The average molecular weight is 388 g/mol. The van der Waals surface area contributed by atoms with Gasteiger partial charge >= 0.3 is 0 Å². The SMILES string of the molecule is CC(C)NC(=O)CNC(=O)c1ccc(Cl)c(S(=O)(=O)N2CCCC2)c1. The Labute approximate surface area is 152 Å². The summed E-state index contributed by atoms with van der Waals surface area (Å²) in [6.45, 7) is 4.34. The standard InChI is InChI=1S/C16H22ClN3O4S/c1-11(2)19-15(21)10-18-16(22)12-5-6-13(17)14(9-12)25(23,24)20-7-3-4-8-20/h5-6,9,11H,3-4,7-8,10H2,1-2H3,(H,18,22)(H,19,21). The lowest BCUT2D eigenvalue weighted by Gasteiger charge is -2.17. The van der Waals surface area contributed by atoms with Crippen molar-refractivity contribution in [3.63, 3.8) is 0 Å². The minimum atomic E-state index is -3.73. The first-order chi connectivity index (χ1) is 11.7. The van der Waals surface area contributed by atoms with Crippen LogP contribution in [0.5, 0.6) is 0 Å². The van der Waals surface area contributed by atoms with Crippen molar-refractivity contribution in [1.82, 2.24) is 14.9 Å². The number of benzene rings is 1. The van der Waals surface area contributed by atoms with Crippen molar-refractivity contribution < 1.29 is 18.0 Å². The van der Waals surface area contributed by atoms with Gasteiger partial charge in [0, 0.05) is 24.7 Å². The highest BCUT2D eigenvalue weighted by Crippen LogP contribution is 2.28. The number of carbonyl (C=O) groups excluding carboxylic acids is 2. The Kier molecular flexibility index (Phi) is 6.42. The molecule has 0 atom stereocenters. The summed E-state index contributed by atoms with van der Waals surface area (Å²) in [6, 6.07) is 4.04. The van der Waals surface area contributed by atoms with Crippen molar-refractivity contribution in [2.45, 2.75) is 37.6 Å². The largest absolute Gasteiger partial charge is 0.352 e. The lowest BCUT2D eigenvalue weighted by Crippen LogP contribution is -2.39. The predicted molar refractivity (Wildman–Crippen MR) is 95.1 cm³/mol. The minimum absolute atomic E-state index is 0.0304. The van der Waals surface area contributed by atoms with Gasteiger partial charge in [-0.1, -0.05) is 11.6 Å². The van der Waals surface area contributed by atoms with Crippen LogP contribution in [0.25, 0.3) is 0 Å². The van der Waals surface area contributed by atoms with Crippen LogP contribution < -0.4 is 10.6 Å². The second-order valence-corrected chi connectivity index (χ2v) is 8.47. The molecule has 0 aliphatic carbocycles. The highest BCUT2D eigenvalue weighted by atomic mass is 35.5. The highest BCUT2D eigenvalue weighted by molar-refractivity contribution is 7.89. The molecule has 0 unspecified atom stereocenters. The van der Waals surface area contributed by atoms with Gasteiger partial charge < -0.3 is 10.6 Å². The van der Waals surface area contributed by atoms with Gasteiger partial charge in [-0.3, -0.25) is 9.59 Å². The van der Waals surface area contributed by atoms with Crippen LogP contribution in [0.4, 0.5) is 0 Å². The lowest BCUT2D eigenvalue weighted by atomic mass is 10.2. The van der Waals surface area contributed by atoms with Crippen LogP contribution in [-0.2, 0) is 14.8 Å². The third kappa shape index (κ3) is 4.93. The zero-order chi connectivity index (χ0) is 18.6. The molecule has 1 heterocycles. The monoisotopic (exact) mass is 387 g/mol. The van der Waals surface area contributed by atoms with E-state index in [1.807, 2.05) is 13.8 Å². The number of nitrogens with one attached hydrogen (secondary N) is 2. The molecular formula is C16H22ClN3O4S. The molecule has 1 saturated heterocycles. The van der Waals surface area contributed by atoms with Crippen LogP contribution in [0.3, 0.4) is 0 Å². The number of amides is 2. The molecule has 1 aromatic rings. The number of hydrogen-bond donors (Lipinski definition) is 2. The molecule has 2 amide bonds. The highest BCUT2D eigenvalue weighted by Gasteiger charge is 2.29. The van der Waals surface area contributed by atoms with E-state index < -0.39 is 15.9 Å². The number of carbonyl (C=O) groups is 2. The first-order valence-corrected chi connectivity index (χ1v) is 9.91. The third-order valence-electron chi connectivity index (χ3n) is 3.74. The number of halogens is 1. The summed E-state index contributed by atoms with van der Waals surface area (Å²) in [7, 11) is -3.73. The average Bonchev–Trinajstić information content (AvgIpc) is 3.07. The van der Waals surface area contributed by atoms with E-state index in [0.717, 1.165) is 12.8 Å². The Bertz CT molecular complexity index is 759. The van der Waals surface area contributed by atoms with E-state index in [0.29, 0.717) is 13.1 Å². The summed E-state index contributed by atoms with van der Waals surface area (Å²) in [5.41, 5.74) is 0.138. The molecule has 7 nitrogen and oxygen atoms in total. The second kappa shape index (κ2) is 8.16. The molecule has 2 N–H and O–H groups in total. The van der Waals surface area contributed by atoms with E-state index in [1.165, 1.54) is 22.5 Å². The first-order valence-electron chi connectivity index (χ1n) is 8.09.